The smallest absolute Gasteiger partial charge is 0.141 e. The highest BCUT2D eigenvalue weighted by atomic mass is 19.1. The predicted molar refractivity (Wildman–Crippen MR) is 70.3 cm³/mol. The fourth-order valence-electron chi connectivity index (χ4n) is 1.95. The summed E-state index contributed by atoms with van der Waals surface area (Å²) in [6.45, 7) is 0. The van der Waals surface area contributed by atoms with Crippen LogP contribution in [0.2, 0.25) is 0 Å². The molecule has 0 bridgehead atoms. The van der Waals surface area contributed by atoms with Gasteiger partial charge in [0.1, 0.15) is 11.6 Å². The standard InChI is InChI=1S/C15H15FN2O/c16-12-6-11(8-18-9-12)15(17)10-2-1-3-14(7-10)19-13-4-5-13/h1-3,6-9,13,15H,4-5,17H2. The van der Waals surface area contributed by atoms with Crippen molar-refractivity contribution in [3.63, 3.8) is 0 Å². The number of nitrogens with zero attached hydrogens (tertiary/aromatic N) is 1. The van der Waals surface area contributed by atoms with Crippen LogP contribution >= 0.6 is 0 Å². The van der Waals surface area contributed by atoms with E-state index in [1.807, 2.05) is 24.3 Å². The number of aromatic nitrogens is 1. The lowest BCUT2D eigenvalue weighted by Gasteiger charge is -2.13. The molecule has 0 amide bonds. The lowest BCUT2D eigenvalue weighted by atomic mass is 10.0. The molecule has 0 spiro atoms. The molecule has 0 saturated heterocycles. The summed E-state index contributed by atoms with van der Waals surface area (Å²) in [5.41, 5.74) is 7.69. The minimum atomic E-state index is -0.397. The number of hydrogen-bond donors (Lipinski definition) is 1. The fraction of sp³-hybridized carbons (Fsp3) is 0.267. The molecule has 3 nitrogen and oxygen atoms in total. The van der Waals surface area contributed by atoms with Crippen LogP contribution in [0.5, 0.6) is 5.75 Å². The summed E-state index contributed by atoms with van der Waals surface area (Å²) < 4.78 is 18.9. The topological polar surface area (TPSA) is 48.1 Å². The Hall–Kier alpha value is -1.94. The summed E-state index contributed by atoms with van der Waals surface area (Å²) in [4.78, 5) is 3.83. The normalized spacial score (nSPS) is 16.1. The van der Waals surface area contributed by atoms with Crippen LogP contribution in [0.4, 0.5) is 4.39 Å². The minimum Gasteiger partial charge on any atom is -0.490 e. The molecule has 1 aliphatic rings. The van der Waals surface area contributed by atoms with Gasteiger partial charge < -0.3 is 10.5 Å². The lowest BCUT2D eigenvalue weighted by Crippen LogP contribution is -2.12. The van der Waals surface area contributed by atoms with Crippen LogP contribution in [-0.2, 0) is 0 Å². The molecular formula is C15H15FN2O. The largest absolute Gasteiger partial charge is 0.490 e. The van der Waals surface area contributed by atoms with Gasteiger partial charge in [-0.15, -0.1) is 0 Å². The Bertz CT molecular complexity index is 584. The van der Waals surface area contributed by atoms with Gasteiger partial charge >= 0.3 is 0 Å². The monoisotopic (exact) mass is 258 g/mol. The number of benzene rings is 1. The molecule has 4 heteroatoms. The van der Waals surface area contributed by atoms with Crippen LogP contribution < -0.4 is 10.5 Å². The number of rotatable bonds is 4. The molecule has 98 valence electrons. The number of hydrogen-bond acceptors (Lipinski definition) is 3. The van der Waals surface area contributed by atoms with E-state index in [9.17, 15) is 4.39 Å². The maximum Gasteiger partial charge on any atom is 0.141 e. The van der Waals surface area contributed by atoms with Gasteiger partial charge in [-0.05, 0) is 42.2 Å². The highest BCUT2D eigenvalue weighted by Crippen LogP contribution is 2.29. The maximum absolute atomic E-state index is 13.2. The summed E-state index contributed by atoms with van der Waals surface area (Å²) in [6, 6.07) is 8.65. The third kappa shape index (κ3) is 2.90. The maximum atomic E-state index is 13.2. The van der Waals surface area contributed by atoms with Crippen molar-refractivity contribution >= 4 is 0 Å². The van der Waals surface area contributed by atoms with Crippen molar-refractivity contribution in [2.45, 2.75) is 25.0 Å². The Morgan fingerprint density at radius 2 is 2.05 bits per heavy atom. The molecule has 1 atom stereocenters. The van der Waals surface area contributed by atoms with Crippen molar-refractivity contribution in [3.8, 4) is 5.75 Å². The fourth-order valence-corrected chi connectivity index (χ4v) is 1.95. The third-order valence-electron chi connectivity index (χ3n) is 3.13. The van der Waals surface area contributed by atoms with Gasteiger partial charge in [0.2, 0.25) is 0 Å². The van der Waals surface area contributed by atoms with Gasteiger partial charge in [0.15, 0.2) is 0 Å². The average Bonchev–Trinajstić information content (AvgIpc) is 3.22. The zero-order valence-corrected chi connectivity index (χ0v) is 10.4. The van der Waals surface area contributed by atoms with Gasteiger partial charge in [-0.25, -0.2) is 4.39 Å². The summed E-state index contributed by atoms with van der Waals surface area (Å²) in [6.07, 6.45) is 5.33. The Balaban J connectivity index is 1.83. The highest BCUT2D eigenvalue weighted by molar-refractivity contribution is 5.35. The Morgan fingerprint density at radius 1 is 1.21 bits per heavy atom. The lowest BCUT2D eigenvalue weighted by molar-refractivity contribution is 0.303. The zero-order chi connectivity index (χ0) is 13.2. The molecule has 2 N–H and O–H groups in total. The first-order valence-electron chi connectivity index (χ1n) is 6.35. The molecule has 2 aromatic rings. The van der Waals surface area contributed by atoms with Crippen molar-refractivity contribution in [3.05, 3.63) is 59.7 Å². The molecule has 3 rings (SSSR count). The van der Waals surface area contributed by atoms with Gasteiger partial charge in [0, 0.05) is 6.20 Å². The first-order chi connectivity index (χ1) is 9.22. The number of nitrogens with two attached hydrogens (primary N) is 1. The van der Waals surface area contributed by atoms with E-state index in [1.54, 1.807) is 6.20 Å². The van der Waals surface area contributed by atoms with Crippen LogP contribution in [0.15, 0.2) is 42.7 Å². The number of halogens is 1. The van der Waals surface area contributed by atoms with E-state index in [4.69, 9.17) is 10.5 Å². The second-order valence-electron chi connectivity index (χ2n) is 4.80. The molecule has 1 aromatic heterocycles. The van der Waals surface area contributed by atoms with Gasteiger partial charge in [-0.2, -0.15) is 0 Å². The van der Waals surface area contributed by atoms with Gasteiger partial charge in [0.05, 0.1) is 18.3 Å². The summed E-state index contributed by atoms with van der Waals surface area (Å²) in [5.74, 6) is 0.443. The average molecular weight is 258 g/mol. The minimum absolute atomic E-state index is 0.349. The Kier molecular flexibility index (Phi) is 3.17. The molecular weight excluding hydrogens is 243 g/mol. The molecule has 1 fully saturated rings. The van der Waals surface area contributed by atoms with E-state index >= 15 is 0 Å². The quantitative estimate of drug-likeness (QED) is 0.917. The van der Waals surface area contributed by atoms with Crippen LogP contribution in [0.3, 0.4) is 0 Å². The van der Waals surface area contributed by atoms with E-state index in [0.717, 1.165) is 24.2 Å². The third-order valence-corrected chi connectivity index (χ3v) is 3.13. The van der Waals surface area contributed by atoms with E-state index < -0.39 is 6.04 Å². The number of pyridine rings is 1. The first-order valence-corrected chi connectivity index (χ1v) is 6.35. The molecule has 19 heavy (non-hydrogen) atoms. The molecule has 1 aliphatic carbocycles. The van der Waals surface area contributed by atoms with Crippen LogP contribution in [0.1, 0.15) is 30.0 Å². The molecule has 0 aliphatic heterocycles. The number of ether oxygens (including phenoxy) is 1. The van der Waals surface area contributed by atoms with Crippen LogP contribution in [-0.4, -0.2) is 11.1 Å². The Morgan fingerprint density at radius 3 is 2.79 bits per heavy atom. The van der Waals surface area contributed by atoms with Crippen LogP contribution in [0, 0.1) is 5.82 Å². The first kappa shape index (κ1) is 12.1. The predicted octanol–water partition coefficient (Wildman–Crippen LogP) is 2.81. The highest BCUT2D eigenvalue weighted by Gasteiger charge is 2.23. The van der Waals surface area contributed by atoms with Crippen molar-refractivity contribution in [2.75, 3.05) is 0 Å². The van der Waals surface area contributed by atoms with E-state index in [1.165, 1.54) is 12.3 Å². The van der Waals surface area contributed by atoms with Gasteiger partial charge in [0.25, 0.3) is 0 Å². The van der Waals surface area contributed by atoms with Crippen molar-refractivity contribution < 1.29 is 9.13 Å². The molecule has 1 heterocycles. The van der Waals surface area contributed by atoms with Gasteiger partial charge in [-0.3, -0.25) is 4.98 Å². The summed E-state index contributed by atoms with van der Waals surface area (Å²) in [7, 11) is 0. The van der Waals surface area contributed by atoms with Crippen molar-refractivity contribution in [2.24, 2.45) is 5.73 Å². The zero-order valence-electron chi connectivity index (χ0n) is 10.4. The second kappa shape index (κ2) is 4.97. The van der Waals surface area contributed by atoms with Gasteiger partial charge in [-0.1, -0.05) is 12.1 Å². The summed E-state index contributed by atoms with van der Waals surface area (Å²) in [5, 5.41) is 0. The summed E-state index contributed by atoms with van der Waals surface area (Å²) >= 11 is 0. The SMILES string of the molecule is NC(c1cncc(F)c1)c1cccc(OC2CC2)c1. The molecule has 1 aromatic carbocycles. The Labute approximate surface area is 111 Å². The van der Waals surface area contributed by atoms with Crippen LogP contribution in [0.25, 0.3) is 0 Å². The van der Waals surface area contributed by atoms with Crippen molar-refractivity contribution in [1.29, 1.82) is 0 Å². The van der Waals surface area contributed by atoms with E-state index in [0.29, 0.717) is 11.7 Å². The molecule has 0 radical (unpaired) electrons. The van der Waals surface area contributed by atoms with Crippen molar-refractivity contribution in [1.82, 2.24) is 4.98 Å². The molecule has 1 unspecified atom stereocenters. The second-order valence-corrected chi connectivity index (χ2v) is 4.80. The van der Waals surface area contributed by atoms with E-state index in [2.05, 4.69) is 4.98 Å². The molecule has 1 saturated carbocycles. The van der Waals surface area contributed by atoms with E-state index in [-0.39, 0.29) is 5.82 Å².